The minimum absolute atomic E-state index is 0.0401. The summed E-state index contributed by atoms with van der Waals surface area (Å²) in [7, 11) is 0. The Morgan fingerprint density at radius 1 is 1.03 bits per heavy atom. The van der Waals surface area contributed by atoms with Crippen molar-refractivity contribution in [1.29, 1.82) is 0 Å². The topological polar surface area (TPSA) is 84.5 Å². The number of benzene rings is 2. The van der Waals surface area contributed by atoms with Crippen molar-refractivity contribution in [2.75, 3.05) is 23.0 Å². The summed E-state index contributed by atoms with van der Waals surface area (Å²) in [5, 5.41) is 6.16. The van der Waals surface area contributed by atoms with E-state index in [2.05, 4.69) is 10.6 Å². The third-order valence-electron chi connectivity index (χ3n) is 5.73. The Hall–Kier alpha value is -3.17. The third kappa shape index (κ3) is 6.33. The number of fused-ring (bicyclic) bond motifs is 1. The number of amides is 2. The van der Waals surface area contributed by atoms with Crippen LogP contribution in [0.4, 0.5) is 15.1 Å². The van der Waals surface area contributed by atoms with Gasteiger partial charge in [0.15, 0.2) is 0 Å². The van der Waals surface area contributed by atoms with Crippen molar-refractivity contribution in [3.63, 3.8) is 0 Å². The van der Waals surface area contributed by atoms with Crippen molar-refractivity contribution in [1.82, 2.24) is 0 Å². The number of carbonyl (C=O) groups excluding carboxylic acids is 3. The molecule has 2 N–H and O–H groups in total. The lowest BCUT2D eigenvalue weighted by Crippen LogP contribution is -2.17. The Morgan fingerprint density at radius 3 is 2.64 bits per heavy atom. The molecular weight excluding hydrogens is 499 g/mol. The van der Waals surface area contributed by atoms with E-state index in [9.17, 15) is 18.8 Å². The van der Waals surface area contributed by atoms with Crippen molar-refractivity contribution >= 4 is 51.6 Å². The molecule has 1 heterocycles. The lowest BCUT2D eigenvalue weighted by molar-refractivity contribution is -0.113. The highest BCUT2D eigenvalue weighted by atomic mass is 32.2. The van der Waals surface area contributed by atoms with Gasteiger partial charge in [0.2, 0.25) is 5.91 Å². The minimum atomic E-state index is -0.592. The van der Waals surface area contributed by atoms with Crippen LogP contribution in [0.15, 0.2) is 53.4 Å². The van der Waals surface area contributed by atoms with Gasteiger partial charge in [0, 0.05) is 15.5 Å². The molecule has 0 spiro atoms. The summed E-state index contributed by atoms with van der Waals surface area (Å²) < 4.78 is 19.2. The van der Waals surface area contributed by atoms with E-state index in [0.29, 0.717) is 16.3 Å². The summed E-state index contributed by atoms with van der Waals surface area (Å²) in [6.07, 6.45) is 4.94. The van der Waals surface area contributed by atoms with Gasteiger partial charge in [-0.2, -0.15) is 0 Å². The predicted molar refractivity (Wildman–Crippen MR) is 142 cm³/mol. The Labute approximate surface area is 217 Å². The zero-order valence-electron chi connectivity index (χ0n) is 19.9. The summed E-state index contributed by atoms with van der Waals surface area (Å²) in [5.41, 5.74) is 1.97. The fourth-order valence-electron chi connectivity index (χ4n) is 4.07. The average molecular weight is 527 g/mol. The largest absolute Gasteiger partial charge is 0.462 e. The van der Waals surface area contributed by atoms with E-state index >= 15 is 0 Å². The molecule has 2 amide bonds. The lowest BCUT2D eigenvalue weighted by atomic mass is 10.1. The molecule has 1 aliphatic carbocycles. The lowest BCUT2D eigenvalue weighted by Gasteiger charge is -2.09. The van der Waals surface area contributed by atoms with Gasteiger partial charge in [0.05, 0.1) is 23.5 Å². The number of anilines is 2. The molecule has 0 fully saturated rings. The fourth-order valence-corrected chi connectivity index (χ4v) is 6.12. The molecule has 0 radical (unpaired) electrons. The van der Waals surface area contributed by atoms with Crippen LogP contribution < -0.4 is 10.6 Å². The van der Waals surface area contributed by atoms with Gasteiger partial charge >= 0.3 is 5.97 Å². The van der Waals surface area contributed by atoms with Gasteiger partial charge in [0.1, 0.15) is 10.8 Å². The summed E-state index contributed by atoms with van der Waals surface area (Å²) in [6.45, 7) is 2.04. The van der Waals surface area contributed by atoms with E-state index in [1.54, 1.807) is 31.2 Å². The predicted octanol–water partition coefficient (Wildman–Crippen LogP) is 6.32. The first-order valence-electron chi connectivity index (χ1n) is 11.9. The highest BCUT2D eigenvalue weighted by molar-refractivity contribution is 8.00. The summed E-state index contributed by atoms with van der Waals surface area (Å²) >= 11 is 2.77. The van der Waals surface area contributed by atoms with Crippen molar-refractivity contribution in [3.8, 4) is 0 Å². The Bertz CT molecular complexity index is 1270. The highest BCUT2D eigenvalue weighted by Crippen LogP contribution is 2.38. The van der Waals surface area contributed by atoms with Crippen LogP contribution in [-0.2, 0) is 22.4 Å². The van der Waals surface area contributed by atoms with Crippen molar-refractivity contribution in [2.24, 2.45) is 0 Å². The molecule has 36 heavy (non-hydrogen) atoms. The molecule has 3 aromatic rings. The highest BCUT2D eigenvalue weighted by Gasteiger charge is 2.26. The molecular formula is C27H27FN2O4S2. The Kier molecular flexibility index (Phi) is 8.77. The van der Waals surface area contributed by atoms with E-state index in [4.69, 9.17) is 4.74 Å². The van der Waals surface area contributed by atoms with Gasteiger partial charge in [-0.05, 0) is 68.5 Å². The van der Waals surface area contributed by atoms with Crippen LogP contribution >= 0.6 is 23.1 Å². The normalized spacial score (nSPS) is 12.8. The zero-order chi connectivity index (χ0) is 25.5. The number of hydrogen-bond acceptors (Lipinski definition) is 6. The number of carbonyl (C=O) groups is 3. The van der Waals surface area contributed by atoms with Crippen LogP contribution in [0, 0.1) is 5.82 Å². The summed E-state index contributed by atoms with van der Waals surface area (Å²) in [4.78, 5) is 39.8. The Balaban J connectivity index is 1.41. The number of esters is 1. The van der Waals surface area contributed by atoms with E-state index in [-0.39, 0.29) is 23.8 Å². The first kappa shape index (κ1) is 25.9. The van der Waals surface area contributed by atoms with Crippen LogP contribution in [-0.4, -0.2) is 30.1 Å². The Morgan fingerprint density at radius 2 is 1.83 bits per heavy atom. The molecule has 188 valence electrons. The zero-order valence-corrected chi connectivity index (χ0v) is 21.5. The van der Waals surface area contributed by atoms with Gasteiger partial charge in [-0.25, -0.2) is 9.18 Å². The van der Waals surface area contributed by atoms with Crippen molar-refractivity contribution in [2.45, 2.75) is 43.9 Å². The smallest absolute Gasteiger partial charge is 0.341 e. The number of aryl methyl sites for hydroxylation is 1. The van der Waals surface area contributed by atoms with E-state index in [1.807, 2.05) is 6.07 Å². The standard InChI is InChI=1S/C27H27FN2O4S2/c1-2-34-27(33)24-20-12-4-3-5-14-22(20)36-26(24)30-23(31)16-35-18-10-8-9-17(15-18)29-25(32)19-11-6-7-13-21(19)28/h6-11,13,15H,2-5,12,14,16H2,1H3,(H,29,32)(H,30,31). The molecule has 0 saturated heterocycles. The van der Waals surface area contributed by atoms with E-state index in [0.717, 1.165) is 47.4 Å². The molecule has 2 aromatic carbocycles. The second kappa shape index (κ2) is 12.2. The van der Waals surface area contributed by atoms with Crippen molar-refractivity contribution in [3.05, 3.63) is 75.9 Å². The average Bonchev–Trinajstić information content (AvgIpc) is 3.03. The molecule has 0 unspecified atom stereocenters. The first-order chi connectivity index (χ1) is 17.5. The van der Waals surface area contributed by atoms with Crippen LogP contribution in [0.25, 0.3) is 0 Å². The SMILES string of the molecule is CCOC(=O)c1c(NC(=O)CSc2cccc(NC(=O)c3ccccc3F)c2)sc2c1CCCCC2. The quantitative estimate of drug-likeness (QED) is 0.204. The van der Waals surface area contributed by atoms with Gasteiger partial charge in [-0.1, -0.05) is 24.6 Å². The maximum absolute atomic E-state index is 13.9. The van der Waals surface area contributed by atoms with Crippen LogP contribution in [0.2, 0.25) is 0 Å². The van der Waals surface area contributed by atoms with Gasteiger partial charge < -0.3 is 15.4 Å². The number of nitrogens with one attached hydrogen (secondary N) is 2. The second-order valence-electron chi connectivity index (χ2n) is 8.29. The summed E-state index contributed by atoms with van der Waals surface area (Å²) in [6, 6.07) is 12.8. The van der Waals surface area contributed by atoms with E-state index in [1.165, 1.54) is 41.3 Å². The molecule has 1 aliphatic rings. The molecule has 0 aliphatic heterocycles. The number of thiophene rings is 1. The van der Waals surface area contributed by atoms with Gasteiger partial charge in [0.25, 0.3) is 5.91 Å². The number of rotatable bonds is 8. The summed E-state index contributed by atoms with van der Waals surface area (Å²) in [5.74, 6) is -1.64. The van der Waals surface area contributed by atoms with Gasteiger partial charge in [-0.3, -0.25) is 9.59 Å². The van der Waals surface area contributed by atoms with Crippen LogP contribution in [0.3, 0.4) is 0 Å². The number of thioether (sulfide) groups is 1. The molecule has 0 bridgehead atoms. The molecule has 4 rings (SSSR count). The second-order valence-corrected chi connectivity index (χ2v) is 10.4. The molecule has 6 nitrogen and oxygen atoms in total. The number of hydrogen-bond donors (Lipinski definition) is 2. The molecule has 9 heteroatoms. The first-order valence-corrected chi connectivity index (χ1v) is 13.7. The molecule has 0 saturated carbocycles. The third-order valence-corrected chi connectivity index (χ3v) is 7.94. The van der Waals surface area contributed by atoms with Crippen LogP contribution in [0.1, 0.15) is 57.3 Å². The maximum atomic E-state index is 13.9. The van der Waals surface area contributed by atoms with Crippen LogP contribution in [0.5, 0.6) is 0 Å². The number of halogens is 1. The van der Waals surface area contributed by atoms with Gasteiger partial charge in [-0.15, -0.1) is 23.1 Å². The monoisotopic (exact) mass is 526 g/mol. The minimum Gasteiger partial charge on any atom is -0.462 e. The van der Waals surface area contributed by atoms with Crippen molar-refractivity contribution < 1.29 is 23.5 Å². The molecule has 1 aromatic heterocycles. The fraction of sp³-hybridized carbons (Fsp3) is 0.296. The molecule has 0 atom stereocenters. The number of ether oxygens (including phenoxy) is 1. The van der Waals surface area contributed by atoms with E-state index < -0.39 is 17.7 Å². The maximum Gasteiger partial charge on any atom is 0.341 e.